The standard InChI is InChI=1S/C17H26N4/c1-5-17(3,4)10-13(2)15-8-6-14(7-9-15)11-18-16-19-12-20-21-16/h6-9,12-13H,5,10-11H2,1-4H3,(H2,18,19,20,21). The third-order valence-electron chi connectivity index (χ3n) is 4.24. The molecule has 4 nitrogen and oxygen atoms in total. The van der Waals surface area contributed by atoms with Crippen LogP contribution < -0.4 is 5.32 Å². The smallest absolute Gasteiger partial charge is 0.218 e. The van der Waals surface area contributed by atoms with E-state index >= 15 is 0 Å². The molecule has 2 aromatic rings. The number of hydrogen-bond acceptors (Lipinski definition) is 3. The second kappa shape index (κ2) is 6.74. The highest BCUT2D eigenvalue weighted by molar-refractivity contribution is 5.29. The third kappa shape index (κ3) is 4.59. The molecule has 0 aliphatic rings. The summed E-state index contributed by atoms with van der Waals surface area (Å²) in [7, 11) is 0. The van der Waals surface area contributed by atoms with Crippen LogP contribution in [-0.4, -0.2) is 15.2 Å². The summed E-state index contributed by atoms with van der Waals surface area (Å²) < 4.78 is 0. The van der Waals surface area contributed by atoms with E-state index in [9.17, 15) is 0 Å². The number of benzene rings is 1. The maximum Gasteiger partial charge on any atom is 0.218 e. The Bertz CT molecular complexity index is 528. The number of H-pyrrole nitrogens is 1. The van der Waals surface area contributed by atoms with Gasteiger partial charge in [0.1, 0.15) is 6.33 Å². The lowest BCUT2D eigenvalue weighted by atomic mass is 9.79. The zero-order chi connectivity index (χ0) is 15.3. The largest absolute Gasteiger partial charge is 0.351 e. The summed E-state index contributed by atoms with van der Waals surface area (Å²) in [5.74, 6) is 1.30. The van der Waals surface area contributed by atoms with Crippen molar-refractivity contribution in [1.29, 1.82) is 0 Å². The first-order valence-electron chi connectivity index (χ1n) is 7.68. The van der Waals surface area contributed by atoms with Gasteiger partial charge in [0.25, 0.3) is 0 Å². The van der Waals surface area contributed by atoms with Gasteiger partial charge in [0, 0.05) is 6.54 Å². The monoisotopic (exact) mass is 286 g/mol. The fourth-order valence-corrected chi connectivity index (χ4v) is 2.53. The normalized spacial score (nSPS) is 13.1. The Morgan fingerprint density at radius 1 is 1.24 bits per heavy atom. The number of aromatic amines is 1. The van der Waals surface area contributed by atoms with Crippen LogP contribution in [0.25, 0.3) is 0 Å². The number of hydrogen-bond donors (Lipinski definition) is 2. The molecule has 0 saturated heterocycles. The Hall–Kier alpha value is -1.84. The first-order chi connectivity index (χ1) is 10.00. The lowest BCUT2D eigenvalue weighted by molar-refractivity contribution is 0.299. The molecule has 1 aromatic heterocycles. The first-order valence-corrected chi connectivity index (χ1v) is 7.68. The second-order valence-electron chi connectivity index (χ2n) is 6.55. The summed E-state index contributed by atoms with van der Waals surface area (Å²) in [5.41, 5.74) is 3.07. The van der Waals surface area contributed by atoms with Gasteiger partial charge in [-0.1, -0.05) is 58.4 Å². The Morgan fingerprint density at radius 3 is 2.52 bits per heavy atom. The molecule has 0 amide bonds. The molecule has 0 bridgehead atoms. The van der Waals surface area contributed by atoms with Gasteiger partial charge in [0.05, 0.1) is 0 Å². The fraction of sp³-hybridized carbons (Fsp3) is 0.529. The Labute approximate surface area is 127 Å². The van der Waals surface area contributed by atoms with Crippen molar-refractivity contribution in [3.05, 3.63) is 41.7 Å². The zero-order valence-electron chi connectivity index (χ0n) is 13.5. The molecule has 0 spiro atoms. The summed E-state index contributed by atoms with van der Waals surface area (Å²) in [5, 5.41) is 9.82. The highest BCUT2D eigenvalue weighted by atomic mass is 15.3. The van der Waals surface area contributed by atoms with E-state index in [0.717, 1.165) is 6.54 Å². The molecule has 2 N–H and O–H groups in total. The van der Waals surface area contributed by atoms with E-state index in [2.05, 4.69) is 72.5 Å². The van der Waals surface area contributed by atoms with Crippen LogP contribution in [0.1, 0.15) is 57.6 Å². The maximum atomic E-state index is 4.05. The predicted molar refractivity (Wildman–Crippen MR) is 87.3 cm³/mol. The van der Waals surface area contributed by atoms with Gasteiger partial charge in [-0.15, -0.1) is 0 Å². The highest BCUT2D eigenvalue weighted by Gasteiger charge is 2.19. The van der Waals surface area contributed by atoms with Crippen LogP contribution in [0.5, 0.6) is 0 Å². The molecule has 1 unspecified atom stereocenters. The number of nitrogens with zero attached hydrogens (tertiary/aromatic N) is 2. The molecule has 1 aromatic carbocycles. The molecule has 1 heterocycles. The van der Waals surface area contributed by atoms with E-state index in [-0.39, 0.29) is 0 Å². The zero-order valence-corrected chi connectivity index (χ0v) is 13.5. The van der Waals surface area contributed by atoms with Crippen LogP contribution in [0.4, 0.5) is 5.95 Å². The number of anilines is 1. The van der Waals surface area contributed by atoms with Gasteiger partial charge in [0.2, 0.25) is 5.95 Å². The van der Waals surface area contributed by atoms with E-state index in [0.29, 0.717) is 17.3 Å². The van der Waals surface area contributed by atoms with Gasteiger partial charge in [-0.25, -0.2) is 10.1 Å². The summed E-state index contributed by atoms with van der Waals surface area (Å²) >= 11 is 0. The van der Waals surface area contributed by atoms with Crippen LogP contribution in [0.15, 0.2) is 30.6 Å². The van der Waals surface area contributed by atoms with Crippen molar-refractivity contribution >= 4 is 5.95 Å². The van der Waals surface area contributed by atoms with Gasteiger partial charge in [-0.2, -0.15) is 5.10 Å². The van der Waals surface area contributed by atoms with E-state index in [1.54, 1.807) is 0 Å². The molecule has 0 aliphatic carbocycles. The lowest BCUT2D eigenvalue weighted by Gasteiger charge is -2.27. The Balaban J connectivity index is 1.92. The molecule has 21 heavy (non-hydrogen) atoms. The minimum atomic E-state index is 0.409. The average Bonchev–Trinajstić information content (AvgIpc) is 2.98. The van der Waals surface area contributed by atoms with Crippen molar-refractivity contribution in [2.24, 2.45) is 5.41 Å². The number of rotatable bonds is 7. The van der Waals surface area contributed by atoms with Crippen molar-refractivity contribution in [2.45, 2.75) is 53.0 Å². The number of nitrogens with one attached hydrogen (secondary N) is 2. The van der Waals surface area contributed by atoms with Crippen LogP contribution >= 0.6 is 0 Å². The minimum absolute atomic E-state index is 0.409. The molecule has 114 valence electrons. The van der Waals surface area contributed by atoms with Crippen LogP contribution in [-0.2, 0) is 6.54 Å². The molecular weight excluding hydrogens is 260 g/mol. The average molecular weight is 286 g/mol. The second-order valence-corrected chi connectivity index (χ2v) is 6.55. The lowest BCUT2D eigenvalue weighted by Crippen LogP contribution is -2.13. The van der Waals surface area contributed by atoms with E-state index in [1.165, 1.54) is 30.3 Å². The SMILES string of the molecule is CCC(C)(C)CC(C)c1ccc(CNc2ncn[nH]2)cc1. The molecule has 0 saturated carbocycles. The van der Waals surface area contributed by atoms with Gasteiger partial charge >= 0.3 is 0 Å². The Kier molecular flexibility index (Phi) is 4.99. The Morgan fingerprint density at radius 2 is 1.95 bits per heavy atom. The van der Waals surface area contributed by atoms with Crippen molar-refractivity contribution in [3.63, 3.8) is 0 Å². The molecule has 0 radical (unpaired) electrons. The van der Waals surface area contributed by atoms with E-state index in [1.807, 2.05) is 0 Å². The molecule has 1 atom stereocenters. The maximum absolute atomic E-state index is 4.05. The molecule has 0 fully saturated rings. The van der Waals surface area contributed by atoms with Gasteiger partial charge < -0.3 is 5.32 Å². The summed E-state index contributed by atoms with van der Waals surface area (Å²) in [6.07, 6.45) is 3.94. The number of aromatic nitrogens is 3. The van der Waals surface area contributed by atoms with Crippen LogP contribution in [0.3, 0.4) is 0 Å². The predicted octanol–water partition coefficient (Wildman–Crippen LogP) is 4.35. The van der Waals surface area contributed by atoms with Gasteiger partial charge in [-0.05, 0) is 28.9 Å². The summed E-state index contributed by atoms with van der Waals surface area (Å²) in [6.45, 7) is 10.0. The topological polar surface area (TPSA) is 53.6 Å². The molecular formula is C17H26N4. The summed E-state index contributed by atoms with van der Waals surface area (Å²) in [6, 6.07) is 8.86. The van der Waals surface area contributed by atoms with Crippen molar-refractivity contribution < 1.29 is 0 Å². The van der Waals surface area contributed by atoms with E-state index in [4.69, 9.17) is 0 Å². The quantitative estimate of drug-likeness (QED) is 0.795. The van der Waals surface area contributed by atoms with Crippen molar-refractivity contribution in [3.8, 4) is 0 Å². The molecule has 4 heteroatoms. The molecule has 2 rings (SSSR count). The van der Waals surface area contributed by atoms with Crippen molar-refractivity contribution in [1.82, 2.24) is 15.2 Å². The molecule has 0 aliphatic heterocycles. The van der Waals surface area contributed by atoms with Gasteiger partial charge in [-0.3, -0.25) is 0 Å². The third-order valence-corrected chi connectivity index (χ3v) is 4.24. The first kappa shape index (κ1) is 15.5. The van der Waals surface area contributed by atoms with Crippen LogP contribution in [0, 0.1) is 5.41 Å². The minimum Gasteiger partial charge on any atom is -0.351 e. The highest BCUT2D eigenvalue weighted by Crippen LogP contribution is 2.33. The van der Waals surface area contributed by atoms with Gasteiger partial charge in [0.15, 0.2) is 0 Å². The van der Waals surface area contributed by atoms with Crippen LogP contribution in [0.2, 0.25) is 0 Å². The van der Waals surface area contributed by atoms with Crippen molar-refractivity contribution in [2.75, 3.05) is 5.32 Å². The van der Waals surface area contributed by atoms with E-state index < -0.39 is 0 Å². The fourth-order valence-electron chi connectivity index (χ4n) is 2.53. The summed E-state index contributed by atoms with van der Waals surface area (Å²) in [4.78, 5) is 4.05.